The Morgan fingerprint density at radius 2 is 2.36 bits per heavy atom. The zero-order valence-corrected chi connectivity index (χ0v) is 7.65. The van der Waals surface area contributed by atoms with E-state index in [4.69, 9.17) is 9.52 Å². The molecule has 0 aliphatic rings. The number of carboxylic acid groups (broad SMARTS) is 1. The van der Waals surface area contributed by atoms with Crippen LogP contribution in [0.4, 0.5) is 0 Å². The monoisotopic (exact) mass is 191 g/mol. The molecule has 1 aromatic carbocycles. The Labute approximate surface area is 80.2 Å². The van der Waals surface area contributed by atoms with Gasteiger partial charge >= 0.3 is 11.9 Å². The summed E-state index contributed by atoms with van der Waals surface area (Å²) in [5, 5.41) is 8.66. The molecular weight excluding hydrogens is 182 g/mol. The Balaban J connectivity index is 2.60. The van der Waals surface area contributed by atoms with Gasteiger partial charge in [0.05, 0.1) is 0 Å². The summed E-state index contributed by atoms with van der Waals surface area (Å²) < 4.78 is 5.02. The Morgan fingerprint density at radius 3 is 3.00 bits per heavy atom. The average molecular weight is 191 g/mol. The van der Waals surface area contributed by atoms with E-state index in [2.05, 4.69) is 4.98 Å². The lowest BCUT2D eigenvalue weighted by Gasteiger charge is -1.92. The van der Waals surface area contributed by atoms with E-state index in [0.29, 0.717) is 11.1 Å². The second-order valence-corrected chi connectivity index (χ2v) is 2.98. The van der Waals surface area contributed by atoms with Crippen LogP contribution in [0.1, 0.15) is 23.2 Å². The van der Waals surface area contributed by atoms with Gasteiger partial charge in [0.1, 0.15) is 5.52 Å². The SMILES string of the molecule is CCc1ccc2oc(C(=O)O)nc2c1. The van der Waals surface area contributed by atoms with E-state index in [1.807, 2.05) is 19.1 Å². The van der Waals surface area contributed by atoms with Crippen LogP contribution in [0.5, 0.6) is 0 Å². The smallest absolute Gasteiger partial charge is 0.392 e. The molecule has 0 radical (unpaired) electrons. The van der Waals surface area contributed by atoms with Crippen LogP contribution in [-0.2, 0) is 6.42 Å². The maximum absolute atomic E-state index is 10.6. The van der Waals surface area contributed by atoms with Crippen LogP contribution in [-0.4, -0.2) is 16.1 Å². The number of hydrogen-bond donors (Lipinski definition) is 1. The molecule has 0 amide bonds. The van der Waals surface area contributed by atoms with Gasteiger partial charge < -0.3 is 9.52 Å². The van der Waals surface area contributed by atoms with Crippen molar-refractivity contribution in [2.75, 3.05) is 0 Å². The molecule has 0 saturated heterocycles. The number of aromatic carboxylic acids is 1. The molecule has 14 heavy (non-hydrogen) atoms. The van der Waals surface area contributed by atoms with Crippen LogP contribution in [0.3, 0.4) is 0 Å². The number of carboxylic acids is 1. The van der Waals surface area contributed by atoms with Crippen LogP contribution in [0.25, 0.3) is 11.1 Å². The van der Waals surface area contributed by atoms with Crippen molar-refractivity contribution in [3.8, 4) is 0 Å². The van der Waals surface area contributed by atoms with Gasteiger partial charge in [-0.2, -0.15) is 0 Å². The Hall–Kier alpha value is -1.84. The van der Waals surface area contributed by atoms with E-state index in [9.17, 15) is 4.79 Å². The molecule has 0 unspecified atom stereocenters. The summed E-state index contributed by atoms with van der Waals surface area (Å²) in [6, 6.07) is 5.48. The lowest BCUT2D eigenvalue weighted by atomic mass is 10.1. The molecule has 4 nitrogen and oxygen atoms in total. The van der Waals surface area contributed by atoms with E-state index in [-0.39, 0.29) is 5.89 Å². The fourth-order valence-corrected chi connectivity index (χ4v) is 1.28. The van der Waals surface area contributed by atoms with Crippen LogP contribution in [0, 0.1) is 0 Å². The number of hydrogen-bond acceptors (Lipinski definition) is 3. The summed E-state index contributed by atoms with van der Waals surface area (Å²) in [6.07, 6.45) is 0.894. The topological polar surface area (TPSA) is 63.3 Å². The van der Waals surface area contributed by atoms with Crippen LogP contribution in [0.2, 0.25) is 0 Å². The summed E-state index contributed by atoms with van der Waals surface area (Å²) >= 11 is 0. The third-order valence-corrected chi connectivity index (χ3v) is 2.04. The molecule has 1 heterocycles. The number of aryl methyl sites for hydroxylation is 1. The first-order valence-electron chi connectivity index (χ1n) is 4.33. The van der Waals surface area contributed by atoms with Gasteiger partial charge in [-0.05, 0) is 24.1 Å². The summed E-state index contributed by atoms with van der Waals surface area (Å²) in [5.41, 5.74) is 2.23. The summed E-state index contributed by atoms with van der Waals surface area (Å²) in [7, 11) is 0. The maximum atomic E-state index is 10.6. The highest BCUT2D eigenvalue weighted by Crippen LogP contribution is 2.17. The number of aromatic nitrogens is 1. The number of nitrogens with zero attached hydrogens (tertiary/aromatic N) is 1. The third kappa shape index (κ3) is 1.35. The lowest BCUT2D eigenvalue weighted by Crippen LogP contribution is -1.94. The van der Waals surface area contributed by atoms with E-state index in [1.54, 1.807) is 6.07 Å². The van der Waals surface area contributed by atoms with E-state index in [0.717, 1.165) is 12.0 Å². The normalized spacial score (nSPS) is 10.6. The molecule has 1 N–H and O–H groups in total. The second-order valence-electron chi connectivity index (χ2n) is 2.98. The molecular formula is C10H9NO3. The van der Waals surface area contributed by atoms with Gasteiger partial charge in [0, 0.05) is 0 Å². The molecule has 2 rings (SSSR count). The van der Waals surface area contributed by atoms with Gasteiger partial charge in [0.15, 0.2) is 5.58 Å². The molecule has 1 aromatic heterocycles. The minimum atomic E-state index is -1.14. The Morgan fingerprint density at radius 1 is 1.57 bits per heavy atom. The van der Waals surface area contributed by atoms with Crippen LogP contribution < -0.4 is 0 Å². The van der Waals surface area contributed by atoms with Crippen molar-refractivity contribution in [1.82, 2.24) is 4.98 Å². The quantitative estimate of drug-likeness (QED) is 0.789. The highest BCUT2D eigenvalue weighted by Gasteiger charge is 2.12. The van der Waals surface area contributed by atoms with Crippen molar-refractivity contribution in [2.45, 2.75) is 13.3 Å². The zero-order chi connectivity index (χ0) is 10.1. The van der Waals surface area contributed by atoms with Crippen molar-refractivity contribution < 1.29 is 14.3 Å². The minimum absolute atomic E-state index is 0.256. The van der Waals surface area contributed by atoms with Gasteiger partial charge in [0.2, 0.25) is 0 Å². The molecule has 0 aliphatic carbocycles. The molecule has 0 fully saturated rings. The maximum Gasteiger partial charge on any atom is 0.392 e. The second kappa shape index (κ2) is 3.14. The van der Waals surface area contributed by atoms with Crippen LogP contribution >= 0.6 is 0 Å². The third-order valence-electron chi connectivity index (χ3n) is 2.04. The van der Waals surface area contributed by atoms with Gasteiger partial charge in [-0.15, -0.1) is 0 Å². The lowest BCUT2D eigenvalue weighted by molar-refractivity contribution is 0.0656. The average Bonchev–Trinajstić information content (AvgIpc) is 2.59. The van der Waals surface area contributed by atoms with Crippen LogP contribution in [0.15, 0.2) is 22.6 Å². The minimum Gasteiger partial charge on any atom is -0.474 e. The molecule has 0 bridgehead atoms. The fourth-order valence-electron chi connectivity index (χ4n) is 1.28. The number of rotatable bonds is 2. The summed E-state index contributed by atoms with van der Waals surface area (Å²) in [4.78, 5) is 14.4. The molecule has 4 heteroatoms. The number of carbonyl (C=O) groups is 1. The van der Waals surface area contributed by atoms with Crippen molar-refractivity contribution in [3.63, 3.8) is 0 Å². The standard InChI is InChI=1S/C10H9NO3/c1-2-6-3-4-8-7(5-6)11-9(14-8)10(12)13/h3-5H,2H2,1H3,(H,12,13). The number of benzene rings is 1. The van der Waals surface area contributed by atoms with Crippen molar-refractivity contribution >= 4 is 17.1 Å². The first-order chi connectivity index (χ1) is 6.70. The Bertz CT molecular complexity index is 487. The largest absolute Gasteiger partial charge is 0.474 e. The number of oxazole rings is 1. The van der Waals surface area contributed by atoms with Gasteiger partial charge in [-0.3, -0.25) is 0 Å². The fraction of sp³-hybridized carbons (Fsp3) is 0.200. The summed E-state index contributed by atoms with van der Waals surface area (Å²) in [5.74, 6) is -1.40. The molecule has 0 spiro atoms. The first kappa shape index (κ1) is 8.74. The highest BCUT2D eigenvalue weighted by atomic mass is 16.4. The predicted octanol–water partition coefficient (Wildman–Crippen LogP) is 2.09. The Kier molecular flexibility index (Phi) is 1.96. The van der Waals surface area contributed by atoms with E-state index >= 15 is 0 Å². The van der Waals surface area contributed by atoms with Crippen molar-refractivity contribution in [3.05, 3.63) is 29.7 Å². The number of fused-ring (bicyclic) bond motifs is 1. The first-order valence-corrected chi connectivity index (χ1v) is 4.33. The van der Waals surface area contributed by atoms with Crippen molar-refractivity contribution in [2.24, 2.45) is 0 Å². The van der Waals surface area contributed by atoms with Gasteiger partial charge in [0.25, 0.3) is 0 Å². The molecule has 0 saturated carbocycles. The molecule has 72 valence electrons. The van der Waals surface area contributed by atoms with E-state index < -0.39 is 5.97 Å². The van der Waals surface area contributed by atoms with E-state index in [1.165, 1.54) is 0 Å². The molecule has 0 atom stereocenters. The van der Waals surface area contributed by atoms with Crippen molar-refractivity contribution in [1.29, 1.82) is 0 Å². The zero-order valence-electron chi connectivity index (χ0n) is 7.65. The summed E-state index contributed by atoms with van der Waals surface area (Å²) in [6.45, 7) is 2.03. The van der Waals surface area contributed by atoms with Gasteiger partial charge in [-0.25, -0.2) is 9.78 Å². The van der Waals surface area contributed by atoms with Gasteiger partial charge in [-0.1, -0.05) is 13.0 Å². The molecule has 2 aromatic rings. The molecule has 0 aliphatic heterocycles. The predicted molar refractivity (Wildman–Crippen MR) is 50.3 cm³/mol. The highest BCUT2D eigenvalue weighted by molar-refractivity contribution is 5.86.